The van der Waals surface area contributed by atoms with E-state index in [4.69, 9.17) is 14.2 Å². The first kappa shape index (κ1) is 16.6. The van der Waals surface area contributed by atoms with Crippen LogP contribution in [0.4, 0.5) is 0 Å². The van der Waals surface area contributed by atoms with Crippen LogP contribution in [0, 0.1) is 5.92 Å². The Kier molecular flexibility index (Phi) is 5.66. The summed E-state index contributed by atoms with van der Waals surface area (Å²) in [7, 11) is 1.59. The Bertz CT molecular complexity index is 515. The van der Waals surface area contributed by atoms with Crippen molar-refractivity contribution in [1.82, 2.24) is 4.90 Å². The quantitative estimate of drug-likeness (QED) is 0.839. The molecule has 0 unspecified atom stereocenters. The number of methoxy groups -OCH3 is 1. The van der Waals surface area contributed by atoms with Gasteiger partial charge in [0, 0.05) is 18.7 Å². The van der Waals surface area contributed by atoms with E-state index in [9.17, 15) is 4.79 Å². The molecule has 0 spiro atoms. The van der Waals surface area contributed by atoms with E-state index in [1.807, 2.05) is 11.8 Å². The molecule has 1 heterocycles. The predicted octanol–water partition coefficient (Wildman–Crippen LogP) is 2.59. The van der Waals surface area contributed by atoms with Gasteiger partial charge in [0.1, 0.15) is 0 Å². The molecule has 1 aromatic rings. The minimum absolute atomic E-state index is 0.00357. The van der Waals surface area contributed by atoms with Gasteiger partial charge in [0.15, 0.2) is 11.5 Å². The van der Waals surface area contributed by atoms with Gasteiger partial charge in [0.25, 0.3) is 5.91 Å². The van der Waals surface area contributed by atoms with Crippen LogP contribution in [0.5, 0.6) is 11.5 Å². The second-order valence-corrected chi connectivity index (χ2v) is 6.00. The highest BCUT2D eigenvalue weighted by Crippen LogP contribution is 2.29. The van der Waals surface area contributed by atoms with E-state index in [0.29, 0.717) is 49.3 Å². The van der Waals surface area contributed by atoms with Crippen molar-refractivity contribution in [3.05, 3.63) is 23.8 Å². The minimum atomic E-state index is 0.00357. The van der Waals surface area contributed by atoms with Gasteiger partial charge in [-0.05, 0) is 31.0 Å². The van der Waals surface area contributed by atoms with E-state index in [-0.39, 0.29) is 12.0 Å². The van der Waals surface area contributed by atoms with Gasteiger partial charge in [-0.1, -0.05) is 13.8 Å². The van der Waals surface area contributed by atoms with Gasteiger partial charge in [-0.2, -0.15) is 0 Å². The van der Waals surface area contributed by atoms with Crippen LogP contribution < -0.4 is 9.47 Å². The normalized spacial score (nSPS) is 18.4. The molecular weight excluding hydrogens is 282 g/mol. The Balaban J connectivity index is 2.12. The van der Waals surface area contributed by atoms with Crippen LogP contribution in [0.1, 0.15) is 31.1 Å². The third-order valence-corrected chi connectivity index (χ3v) is 3.51. The van der Waals surface area contributed by atoms with Gasteiger partial charge >= 0.3 is 0 Å². The van der Waals surface area contributed by atoms with Crippen molar-refractivity contribution < 1.29 is 19.0 Å². The molecular formula is C17H25NO4. The molecule has 0 bridgehead atoms. The summed E-state index contributed by atoms with van der Waals surface area (Å²) >= 11 is 0. The maximum absolute atomic E-state index is 12.6. The zero-order valence-electron chi connectivity index (χ0n) is 13.8. The number of hydrogen-bond donors (Lipinski definition) is 0. The summed E-state index contributed by atoms with van der Waals surface area (Å²) in [4.78, 5) is 14.4. The molecule has 22 heavy (non-hydrogen) atoms. The van der Waals surface area contributed by atoms with Crippen molar-refractivity contribution in [2.75, 3.05) is 33.4 Å². The number of ether oxygens (including phenoxy) is 3. The molecule has 122 valence electrons. The number of rotatable bonds is 5. The number of amides is 1. The first-order valence-electron chi connectivity index (χ1n) is 7.73. The predicted molar refractivity (Wildman–Crippen MR) is 84.6 cm³/mol. The molecule has 2 rings (SSSR count). The Morgan fingerprint density at radius 3 is 2.82 bits per heavy atom. The van der Waals surface area contributed by atoms with E-state index in [0.717, 1.165) is 0 Å². The van der Waals surface area contributed by atoms with Crippen LogP contribution in [-0.4, -0.2) is 50.3 Å². The largest absolute Gasteiger partial charge is 0.493 e. The van der Waals surface area contributed by atoms with Gasteiger partial charge in [0.2, 0.25) is 0 Å². The molecule has 1 saturated heterocycles. The van der Waals surface area contributed by atoms with E-state index < -0.39 is 0 Å². The lowest BCUT2D eigenvalue weighted by atomic mass is 10.1. The lowest BCUT2D eigenvalue weighted by molar-refractivity contribution is -0.0124. The summed E-state index contributed by atoms with van der Waals surface area (Å²) in [5.41, 5.74) is 0.614. The smallest absolute Gasteiger partial charge is 0.254 e. The highest BCUT2D eigenvalue weighted by Gasteiger charge is 2.23. The molecule has 0 N–H and O–H groups in total. The third-order valence-electron chi connectivity index (χ3n) is 3.51. The Morgan fingerprint density at radius 2 is 2.18 bits per heavy atom. The monoisotopic (exact) mass is 307 g/mol. The van der Waals surface area contributed by atoms with Crippen molar-refractivity contribution >= 4 is 5.91 Å². The fourth-order valence-corrected chi connectivity index (χ4v) is 2.36. The highest BCUT2D eigenvalue weighted by atomic mass is 16.5. The fraction of sp³-hybridized carbons (Fsp3) is 0.588. The zero-order valence-corrected chi connectivity index (χ0v) is 13.8. The van der Waals surface area contributed by atoms with Crippen LogP contribution >= 0.6 is 0 Å². The van der Waals surface area contributed by atoms with Gasteiger partial charge in [-0.15, -0.1) is 0 Å². The number of hydrogen-bond acceptors (Lipinski definition) is 4. The molecule has 0 saturated carbocycles. The maximum atomic E-state index is 12.6. The maximum Gasteiger partial charge on any atom is 0.254 e. The highest BCUT2D eigenvalue weighted by molar-refractivity contribution is 5.95. The third kappa shape index (κ3) is 4.13. The molecule has 0 aromatic heterocycles. The van der Waals surface area contributed by atoms with Crippen molar-refractivity contribution in [1.29, 1.82) is 0 Å². The lowest BCUT2D eigenvalue weighted by Crippen LogP contribution is -2.44. The second-order valence-electron chi connectivity index (χ2n) is 6.00. The lowest BCUT2D eigenvalue weighted by Gasteiger charge is -2.31. The molecule has 5 heteroatoms. The number of morpholine rings is 1. The standard InChI is InChI=1S/C17H25NO4/c1-12(2)11-22-15-6-5-14(9-16(15)20-4)17(19)18-7-8-21-13(3)10-18/h5-6,9,12-13H,7-8,10-11H2,1-4H3/t13-/m1/s1. The average molecular weight is 307 g/mol. The average Bonchev–Trinajstić information content (AvgIpc) is 2.52. The van der Waals surface area contributed by atoms with Gasteiger partial charge in [-0.3, -0.25) is 4.79 Å². The SMILES string of the molecule is COc1cc(C(=O)N2CCO[C@H](C)C2)ccc1OCC(C)C. The van der Waals surface area contributed by atoms with E-state index in [2.05, 4.69) is 13.8 Å². The second kappa shape index (κ2) is 7.49. The molecule has 1 aromatic carbocycles. The molecule has 1 fully saturated rings. The van der Waals surface area contributed by atoms with Crippen LogP contribution in [0.2, 0.25) is 0 Å². The summed E-state index contributed by atoms with van der Waals surface area (Å²) in [6.45, 7) is 8.59. The molecule has 1 amide bonds. The van der Waals surface area contributed by atoms with E-state index in [1.54, 1.807) is 25.3 Å². The minimum Gasteiger partial charge on any atom is -0.493 e. The molecule has 0 radical (unpaired) electrons. The number of carbonyl (C=O) groups is 1. The summed E-state index contributed by atoms with van der Waals surface area (Å²) in [5.74, 6) is 1.70. The molecule has 5 nitrogen and oxygen atoms in total. The summed E-state index contributed by atoms with van der Waals surface area (Å²) in [6.07, 6.45) is 0.0771. The summed E-state index contributed by atoms with van der Waals surface area (Å²) in [6, 6.07) is 5.34. The number of benzene rings is 1. The first-order valence-corrected chi connectivity index (χ1v) is 7.73. The number of carbonyl (C=O) groups excluding carboxylic acids is 1. The zero-order chi connectivity index (χ0) is 16.1. The Morgan fingerprint density at radius 1 is 1.41 bits per heavy atom. The van der Waals surface area contributed by atoms with Crippen LogP contribution in [0.15, 0.2) is 18.2 Å². The van der Waals surface area contributed by atoms with Gasteiger partial charge < -0.3 is 19.1 Å². The van der Waals surface area contributed by atoms with E-state index in [1.165, 1.54) is 0 Å². The number of nitrogens with zero attached hydrogens (tertiary/aromatic N) is 1. The van der Waals surface area contributed by atoms with Gasteiger partial charge in [-0.25, -0.2) is 0 Å². The van der Waals surface area contributed by atoms with Crippen molar-refractivity contribution in [2.45, 2.75) is 26.9 Å². The van der Waals surface area contributed by atoms with E-state index >= 15 is 0 Å². The first-order chi connectivity index (χ1) is 10.5. The molecule has 1 aliphatic rings. The summed E-state index contributed by atoms with van der Waals surface area (Å²) in [5, 5.41) is 0. The van der Waals surface area contributed by atoms with Crippen LogP contribution in [0.25, 0.3) is 0 Å². The Labute approximate surface area is 132 Å². The fourth-order valence-electron chi connectivity index (χ4n) is 2.36. The Hall–Kier alpha value is -1.75. The summed E-state index contributed by atoms with van der Waals surface area (Å²) < 4.78 is 16.5. The molecule has 0 aliphatic carbocycles. The van der Waals surface area contributed by atoms with Crippen molar-refractivity contribution in [2.24, 2.45) is 5.92 Å². The van der Waals surface area contributed by atoms with Gasteiger partial charge in [0.05, 0.1) is 26.4 Å². The van der Waals surface area contributed by atoms with Crippen molar-refractivity contribution in [3.8, 4) is 11.5 Å². The molecule has 1 atom stereocenters. The van der Waals surface area contributed by atoms with Crippen LogP contribution in [-0.2, 0) is 4.74 Å². The van der Waals surface area contributed by atoms with Crippen LogP contribution in [0.3, 0.4) is 0 Å². The molecule has 1 aliphatic heterocycles. The topological polar surface area (TPSA) is 48.0 Å². The van der Waals surface area contributed by atoms with Crippen molar-refractivity contribution in [3.63, 3.8) is 0 Å².